The molecule has 28 heavy (non-hydrogen) atoms. The van der Waals surface area contributed by atoms with Crippen molar-refractivity contribution in [3.63, 3.8) is 0 Å². The van der Waals surface area contributed by atoms with Gasteiger partial charge in [-0.05, 0) is 42.9 Å². The fourth-order valence-corrected chi connectivity index (χ4v) is 5.63. The van der Waals surface area contributed by atoms with Crippen LogP contribution in [0.2, 0.25) is 0 Å². The Hall–Kier alpha value is -2.34. The van der Waals surface area contributed by atoms with Crippen LogP contribution in [0, 0.1) is 11.8 Å². The lowest BCUT2D eigenvalue weighted by Gasteiger charge is -2.45. The fourth-order valence-electron chi connectivity index (χ4n) is 5.63. The second-order valence-corrected chi connectivity index (χ2v) is 8.04. The molecule has 0 bridgehead atoms. The van der Waals surface area contributed by atoms with E-state index in [4.69, 9.17) is 9.47 Å². The van der Waals surface area contributed by atoms with E-state index in [9.17, 15) is 9.59 Å². The smallest absolute Gasteiger partial charge is 0.337 e. The lowest BCUT2D eigenvalue weighted by atomic mass is 9.67. The number of ether oxygens (including phenoxy) is 2. The highest BCUT2D eigenvalue weighted by Crippen LogP contribution is 2.53. The summed E-state index contributed by atoms with van der Waals surface area (Å²) >= 11 is 0. The van der Waals surface area contributed by atoms with Crippen molar-refractivity contribution >= 4 is 17.6 Å². The van der Waals surface area contributed by atoms with E-state index in [1.807, 2.05) is 18.2 Å². The number of nitrogens with zero attached hydrogens (tertiary/aromatic N) is 1. The summed E-state index contributed by atoms with van der Waals surface area (Å²) in [6, 6.07) is 8.07. The lowest BCUT2D eigenvalue weighted by molar-refractivity contribution is -0.137. The molecule has 1 N–H and O–H groups in total. The summed E-state index contributed by atoms with van der Waals surface area (Å²) < 4.78 is 10.3. The number of benzene rings is 1. The van der Waals surface area contributed by atoms with Gasteiger partial charge in [0.25, 0.3) is 0 Å². The van der Waals surface area contributed by atoms with Crippen LogP contribution >= 0.6 is 0 Å². The summed E-state index contributed by atoms with van der Waals surface area (Å²) in [5, 5.41) is 3.10. The zero-order chi connectivity index (χ0) is 19.9. The van der Waals surface area contributed by atoms with Gasteiger partial charge in [0.05, 0.1) is 31.5 Å². The van der Waals surface area contributed by atoms with E-state index in [2.05, 4.69) is 23.2 Å². The molecule has 4 atom stereocenters. The first-order chi connectivity index (χ1) is 13.6. The van der Waals surface area contributed by atoms with Crippen LogP contribution in [0.3, 0.4) is 0 Å². The van der Waals surface area contributed by atoms with E-state index >= 15 is 0 Å². The molecule has 0 unspecified atom stereocenters. The van der Waals surface area contributed by atoms with Crippen molar-refractivity contribution in [2.24, 2.45) is 11.8 Å². The van der Waals surface area contributed by atoms with Crippen molar-refractivity contribution in [1.29, 1.82) is 0 Å². The Morgan fingerprint density at radius 3 is 2.86 bits per heavy atom. The van der Waals surface area contributed by atoms with Gasteiger partial charge in [0.15, 0.2) is 0 Å². The summed E-state index contributed by atoms with van der Waals surface area (Å²) in [5.41, 5.74) is 2.05. The van der Waals surface area contributed by atoms with Crippen molar-refractivity contribution in [2.45, 2.75) is 37.6 Å². The summed E-state index contributed by atoms with van der Waals surface area (Å²) in [4.78, 5) is 28.1. The minimum Gasteiger partial charge on any atom is -0.504 e. The largest absolute Gasteiger partial charge is 0.504 e. The molecule has 150 valence electrons. The van der Waals surface area contributed by atoms with Gasteiger partial charge in [-0.2, -0.15) is 0 Å². The number of nitrogens with one attached hydrogen (secondary N) is 1. The van der Waals surface area contributed by atoms with E-state index < -0.39 is 5.41 Å². The Balaban J connectivity index is 1.74. The Morgan fingerprint density at radius 1 is 1.36 bits per heavy atom. The minimum absolute atomic E-state index is 0.00851. The predicted octanol–water partition coefficient (Wildman–Crippen LogP) is 2.70. The molecule has 2 saturated heterocycles. The van der Waals surface area contributed by atoms with Crippen molar-refractivity contribution in [3.8, 4) is 0 Å². The van der Waals surface area contributed by atoms with E-state index in [1.54, 1.807) is 7.11 Å². The molecule has 1 aromatic carbocycles. The van der Waals surface area contributed by atoms with E-state index in [0.717, 1.165) is 43.6 Å². The minimum atomic E-state index is -0.540. The van der Waals surface area contributed by atoms with Gasteiger partial charge in [0.1, 0.15) is 0 Å². The molecule has 1 amide bonds. The number of fused-ring (bicyclic) bond motifs is 4. The first kappa shape index (κ1) is 19.0. The second kappa shape index (κ2) is 7.24. The van der Waals surface area contributed by atoms with Crippen LogP contribution in [0.25, 0.3) is 0 Å². The van der Waals surface area contributed by atoms with Crippen LogP contribution in [0.15, 0.2) is 36.1 Å². The Labute approximate surface area is 165 Å². The molecule has 0 radical (unpaired) electrons. The molecule has 1 spiro atoms. The standard InChI is InChI=1S/C22H28N2O4/c1-4-14-12-24-10-9-22(17-7-5-6-8-18(17)23-21(22)26)19(24)11-15(14)16(13-27-2)20(25)28-3/h5-8,13-15,19H,4,9-12H2,1-3H3,(H,23,26)/b16-13-/t14-,15+,19+,22+/m1/s1. The summed E-state index contributed by atoms with van der Waals surface area (Å²) in [7, 11) is 2.95. The zero-order valence-electron chi connectivity index (χ0n) is 16.7. The lowest BCUT2D eigenvalue weighted by Crippen LogP contribution is -2.53. The summed E-state index contributed by atoms with van der Waals surface area (Å²) in [6.07, 6.45) is 4.04. The van der Waals surface area contributed by atoms with Gasteiger partial charge in [-0.1, -0.05) is 31.5 Å². The van der Waals surface area contributed by atoms with Crippen LogP contribution in [0.5, 0.6) is 0 Å². The third-order valence-corrected chi connectivity index (χ3v) is 6.97. The second-order valence-electron chi connectivity index (χ2n) is 8.04. The van der Waals surface area contributed by atoms with E-state index in [0.29, 0.717) is 11.5 Å². The maximum atomic E-state index is 13.2. The van der Waals surface area contributed by atoms with Gasteiger partial charge in [-0.3, -0.25) is 9.69 Å². The average Bonchev–Trinajstić information content (AvgIpc) is 3.23. The van der Waals surface area contributed by atoms with Gasteiger partial charge in [-0.25, -0.2) is 4.79 Å². The van der Waals surface area contributed by atoms with Crippen molar-refractivity contribution in [3.05, 3.63) is 41.7 Å². The maximum Gasteiger partial charge on any atom is 0.337 e. The number of rotatable bonds is 4. The number of methoxy groups -OCH3 is 2. The summed E-state index contributed by atoms with van der Waals surface area (Å²) in [6.45, 7) is 3.93. The molecule has 3 aliphatic heterocycles. The van der Waals surface area contributed by atoms with Crippen LogP contribution in [-0.4, -0.2) is 50.1 Å². The molecule has 6 nitrogen and oxygen atoms in total. The van der Waals surface area contributed by atoms with Gasteiger partial charge in [-0.15, -0.1) is 0 Å². The molecule has 3 aliphatic rings. The molecular formula is C22H28N2O4. The SMILES string of the molecule is CC[C@@H]1CN2CC[C@@]3(C(=O)Nc4ccccc43)[C@@H]2C[C@@H]1/C(=C/OC)C(=O)OC. The van der Waals surface area contributed by atoms with Crippen molar-refractivity contribution < 1.29 is 19.1 Å². The molecule has 0 aliphatic carbocycles. The van der Waals surface area contributed by atoms with Crippen molar-refractivity contribution in [1.82, 2.24) is 4.90 Å². The third kappa shape index (κ3) is 2.65. The normalized spacial score (nSPS) is 32.0. The highest BCUT2D eigenvalue weighted by Gasteiger charge is 2.60. The Bertz CT molecular complexity index is 821. The highest BCUT2D eigenvalue weighted by molar-refractivity contribution is 6.07. The van der Waals surface area contributed by atoms with Gasteiger partial charge >= 0.3 is 5.97 Å². The molecule has 2 fully saturated rings. The number of para-hydroxylation sites is 1. The predicted molar refractivity (Wildman–Crippen MR) is 106 cm³/mol. The van der Waals surface area contributed by atoms with Crippen LogP contribution in [0.1, 0.15) is 31.7 Å². The van der Waals surface area contributed by atoms with E-state index in [-0.39, 0.29) is 23.8 Å². The fraction of sp³-hybridized carbons (Fsp3) is 0.545. The number of hydrogen-bond acceptors (Lipinski definition) is 5. The monoisotopic (exact) mass is 384 g/mol. The Kier molecular flexibility index (Phi) is 4.91. The first-order valence-corrected chi connectivity index (χ1v) is 10.0. The van der Waals surface area contributed by atoms with Crippen LogP contribution in [0.4, 0.5) is 5.69 Å². The van der Waals surface area contributed by atoms with Crippen LogP contribution in [-0.2, 0) is 24.5 Å². The first-order valence-electron chi connectivity index (χ1n) is 10.0. The topological polar surface area (TPSA) is 67.9 Å². The molecule has 4 rings (SSSR count). The van der Waals surface area contributed by atoms with Gasteiger partial charge in [0, 0.05) is 18.3 Å². The average molecular weight is 384 g/mol. The molecule has 6 heteroatoms. The third-order valence-electron chi connectivity index (χ3n) is 6.97. The number of hydrogen-bond donors (Lipinski definition) is 1. The van der Waals surface area contributed by atoms with E-state index in [1.165, 1.54) is 13.4 Å². The summed E-state index contributed by atoms with van der Waals surface area (Å²) in [5.74, 6) is 0.0769. The number of anilines is 1. The Morgan fingerprint density at radius 2 is 2.14 bits per heavy atom. The number of carbonyl (C=O) groups is 2. The van der Waals surface area contributed by atoms with Gasteiger partial charge in [0.2, 0.25) is 5.91 Å². The number of amides is 1. The molecule has 3 heterocycles. The molecular weight excluding hydrogens is 356 g/mol. The van der Waals surface area contributed by atoms with Gasteiger partial charge < -0.3 is 14.8 Å². The zero-order valence-corrected chi connectivity index (χ0v) is 16.7. The molecule has 0 aromatic heterocycles. The number of carbonyl (C=O) groups excluding carboxylic acids is 2. The van der Waals surface area contributed by atoms with Crippen LogP contribution < -0.4 is 5.32 Å². The maximum absolute atomic E-state index is 13.2. The molecule has 0 saturated carbocycles. The number of esters is 1. The number of piperidine rings is 1. The quantitative estimate of drug-likeness (QED) is 0.491. The van der Waals surface area contributed by atoms with Crippen molar-refractivity contribution in [2.75, 3.05) is 32.6 Å². The molecule has 1 aromatic rings. The highest BCUT2D eigenvalue weighted by atomic mass is 16.5.